The molecule has 0 bridgehead atoms. The van der Waals surface area contributed by atoms with Crippen LogP contribution in [0.4, 0.5) is 0 Å². The molecular formula is C14H31N3O2S. The Morgan fingerprint density at radius 1 is 1.20 bits per heavy atom. The summed E-state index contributed by atoms with van der Waals surface area (Å²) < 4.78 is 25.8. The standard InChI is InChI=1S/C14H31N3O2S/c1-14(2)15-8-4-7-13-20(18,19)16(3)11-12-17-9-5-6-10-17/h14-15H,4-13H2,1-3H3. The van der Waals surface area contributed by atoms with E-state index in [4.69, 9.17) is 0 Å². The first-order valence-electron chi connectivity index (χ1n) is 7.81. The lowest BCUT2D eigenvalue weighted by atomic mass is 10.3. The van der Waals surface area contributed by atoms with Crippen molar-refractivity contribution in [2.24, 2.45) is 0 Å². The first kappa shape index (κ1) is 17.9. The van der Waals surface area contributed by atoms with E-state index in [0.29, 0.717) is 12.6 Å². The number of sulfonamides is 1. The molecule has 1 N–H and O–H groups in total. The predicted molar refractivity (Wildman–Crippen MR) is 84.5 cm³/mol. The van der Waals surface area contributed by atoms with E-state index >= 15 is 0 Å². The molecule has 0 aromatic heterocycles. The Hall–Kier alpha value is -0.170. The summed E-state index contributed by atoms with van der Waals surface area (Å²) in [4.78, 5) is 2.35. The van der Waals surface area contributed by atoms with Crippen molar-refractivity contribution in [3.63, 3.8) is 0 Å². The van der Waals surface area contributed by atoms with Crippen LogP contribution in [0, 0.1) is 0 Å². The van der Waals surface area contributed by atoms with Crippen molar-refractivity contribution >= 4 is 10.0 Å². The number of rotatable bonds is 10. The molecule has 120 valence electrons. The molecular weight excluding hydrogens is 274 g/mol. The monoisotopic (exact) mass is 305 g/mol. The largest absolute Gasteiger partial charge is 0.315 e. The van der Waals surface area contributed by atoms with E-state index in [-0.39, 0.29) is 5.75 Å². The van der Waals surface area contributed by atoms with Gasteiger partial charge >= 0.3 is 0 Å². The molecule has 0 atom stereocenters. The first-order valence-corrected chi connectivity index (χ1v) is 9.42. The fourth-order valence-electron chi connectivity index (χ4n) is 2.38. The van der Waals surface area contributed by atoms with E-state index in [0.717, 1.165) is 39.0 Å². The van der Waals surface area contributed by atoms with E-state index in [1.54, 1.807) is 7.05 Å². The number of unbranched alkanes of at least 4 members (excludes halogenated alkanes) is 1. The Balaban J connectivity index is 2.17. The van der Waals surface area contributed by atoms with Gasteiger partial charge in [-0.05, 0) is 45.3 Å². The summed E-state index contributed by atoms with van der Waals surface area (Å²) in [5, 5.41) is 3.31. The molecule has 6 heteroatoms. The maximum atomic E-state index is 12.1. The third-order valence-corrected chi connectivity index (χ3v) is 5.72. The Morgan fingerprint density at radius 2 is 1.85 bits per heavy atom. The van der Waals surface area contributed by atoms with Crippen LogP contribution in [0.1, 0.15) is 39.5 Å². The zero-order chi connectivity index (χ0) is 15.0. The molecule has 0 radical (unpaired) electrons. The van der Waals surface area contributed by atoms with Crippen molar-refractivity contribution in [2.75, 3.05) is 45.5 Å². The van der Waals surface area contributed by atoms with Crippen LogP contribution in [-0.4, -0.2) is 69.2 Å². The molecule has 0 aliphatic carbocycles. The Morgan fingerprint density at radius 3 is 2.45 bits per heavy atom. The second-order valence-electron chi connectivity index (χ2n) is 6.00. The van der Waals surface area contributed by atoms with Crippen molar-refractivity contribution in [1.29, 1.82) is 0 Å². The number of likely N-dealkylation sites (tertiary alicyclic amines) is 1. The lowest BCUT2D eigenvalue weighted by Crippen LogP contribution is -2.36. The van der Waals surface area contributed by atoms with Gasteiger partial charge in [-0.1, -0.05) is 13.8 Å². The molecule has 1 aliphatic rings. The van der Waals surface area contributed by atoms with Crippen LogP contribution < -0.4 is 5.32 Å². The van der Waals surface area contributed by atoms with E-state index in [2.05, 4.69) is 24.1 Å². The van der Waals surface area contributed by atoms with Crippen LogP contribution >= 0.6 is 0 Å². The zero-order valence-electron chi connectivity index (χ0n) is 13.3. The van der Waals surface area contributed by atoms with Crippen LogP contribution in [0.5, 0.6) is 0 Å². The van der Waals surface area contributed by atoms with Gasteiger partial charge in [0.15, 0.2) is 0 Å². The van der Waals surface area contributed by atoms with E-state index in [9.17, 15) is 8.42 Å². The topological polar surface area (TPSA) is 52.7 Å². The molecule has 0 spiro atoms. The van der Waals surface area contributed by atoms with Crippen molar-refractivity contribution in [3.8, 4) is 0 Å². The minimum Gasteiger partial charge on any atom is -0.315 e. The molecule has 1 aliphatic heterocycles. The van der Waals surface area contributed by atoms with Crippen molar-refractivity contribution in [2.45, 2.75) is 45.6 Å². The molecule has 1 fully saturated rings. The maximum Gasteiger partial charge on any atom is 0.213 e. The Labute approximate surface area is 124 Å². The maximum absolute atomic E-state index is 12.1. The SMILES string of the molecule is CC(C)NCCCCS(=O)(=O)N(C)CCN1CCCC1. The fourth-order valence-corrected chi connectivity index (χ4v) is 3.62. The smallest absolute Gasteiger partial charge is 0.213 e. The summed E-state index contributed by atoms with van der Waals surface area (Å²) in [7, 11) is -1.37. The summed E-state index contributed by atoms with van der Waals surface area (Å²) in [5.74, 6) is 0.267. The Kier molecular flexibility index (Phi) is 8.02. The highest BCUT2D eigenvalue weighted by Gasteiger charge is 2.19. The van der Waals surface area contributed by atoms with Gasteiger partial charge in [-0.3, -0.25) is 0 Å². The summed E-state index contributed by atoms with van der Waals surface area (Å²) in [5.41, 5.74) is 0. The molecule has 0 saturated carbocycles. The summed E-state index contributed by atoms with van der Waals surface area (Å²) >= 11 is 0. The number of nitrogens with zero attached hydrogens (tertiary/aromatic N) is 2. The molecule has 0 aromatic carbocycles. The molecule has 0 unspecified atom stereocenters. The second kappa shape index (κ2) is 8.97. The van der Waals surface area contributed by atoms with Gasteiger partial charge in [-0.15, -0.1) is 0 Å². The summed E-state index contributed by atoms with van der Waals surface area (Å²) in [6.07, 6.45) is 4.14. The highest BCUT2D eigenvalue weighted by molar-refractivity contribution is 7.89. The average molecular weight is 305 g/mol. The van der Waals surface area contributed by atoms with Gasteiger partial charge in [0, 0.05) is 26.2 Å². The number of hydrogen-bond donors (Lipinski definition) is 1. The van der Waals surface area contributed by atoms with Crippen molar-refractivity contribution < 1.29 is 8.42 Å². The van der Waals surface area contributed by atoms with Crippen LogP contribution in [0.2, 0.25) is 0 Å². The van der Waals surface area contributed by atoms with Gasteiger partial charge in [0.25, 0.3) is 0 Å². The number of likely N-dealkylation sites (N-methyl/N-ethyl adjacent to an activating group) is 1. The minimum atomic E-state index is -3.07. The third kappa shape index (κ3) is 7.02. The lowest BCUT2D eigenvalue weighted by Gasteiger charge is -2.21. The highest BCUT2D eigenvalue weighted by atomic mass is 32.2. The lowest BCUT2D eigenvalue weighted by molar-refractivity contribution is 0.310. The highest BCUT2D eigenvalue weighted by Crippen LogP contribution is 2.08. The molecule has 5 nitrogen and oxygen atoms in total. The number of nitrogens with one attached hydrogen (secondary N) is 1. The van der Waals surface area contributed by atoms with E-state index in [1.807, 2.05) is 0 Å². The second-order valence-corrected chi connectivity index (χ2v) is 8.20. The van der Waals surface area contributed by atoms with Gasteiger partial charge in [0.05, 0.1) is 5.75 Å². The van der Waals surface area contributed by atoms with Crippen molar-refractivity contribution in [1.82, 2.24) is 14.5 Å². The molecule has 20 heavy (non-hydrogen) atoms. The van der Waals surface area contributed by atoms with E-state index < -0.39 is 10.0 Å². The van der Waals surface area contributed by atoms with Crippen LogP contribution in [0.3, 0.4) is 0 Å². The zero-order valence-corrected chi connectivity index (χ0v) is 14.1. The van der Waals surface area contributed by atoms with Crippen LogP contribution in [0.15, 0.2) is 0 Å². The molecule has 1 saturated heterocycles. The van der Waals surface area contributed by atoms with E-state index in [1.165, 1.54) is 17.1 Å². The van der Waals surface area contributed by atoms with Gasteiger partial charge in [-0.25, -0.2) is 12.7 Å². The van der Waals surface area contributed by atoms with Crippen molar-refractivity contribution in [3.05, 3.63) is 0 Å². The summed E-state index contributed by atoms with van der Waals surface area (Å²) in [6.45, 7) is 8.82. The quantitative estimate of drug-likeness (QED) is 0.615. The van der Waals surface area contributed by atoms with Crippen LogP contribution in [0.25, 0.3) is 0 Å². The third-order valence-electron chi connectivity index (χ3n) is 3.79. The van der Waals surface area contributed by atoms with Gasteiger partial charge < -0.3 is 10.2 Å². The average Bonchev–Trinajstić information content (AvgIpc) is 2.88. The molecule has 0 aromatic rings. The molecule has 1 rings (SSSR count). The number of hydrogen-bond acceptors (Lipinski definition) is 4. The van der Waals surface area contributed by atoms with Gasteiger partial charge in [0.2, 0.25) is 10.0 Å². The van der Waals surface area contributed by atoms with Gasteiger partial charge in [-0.2, -0.15) is 0 Å². The normalized spacial score (nSPS) is 17.4. The Bertz CT molecular complexity index is 351. The minimum absolute atomic E-state index is 0.267. The molecule has 0 amide bonds. The van der Waals surface area contributed by atoms with Gasteiger partial charge in [0.1, 0.15) is 0 Å². The first-order chi connectivity index (χ1) is 9.42. The predicted octanol–water partition coefficient (Wildman–Crippen LogP) is 1.12. The van der Waals surface area contributed by atoms with Crippen LogP contribution in [-0.2, 0) is 10.0 Å². The molecule has 1 heterocycles. The summed E-state index contributed by atoms with van der Waals surface area (Å²) in [6, 6.07) is 0.467. The fraction of sp³-hybridized carbons (Fsp3) is 1.00.